The van der Waals surface area contributed by atoms with Gasteiger partial charge in [0.05, 0.1) is 11.5 Å². The summed E-state index contributed by atoms with van der Waals surface area (Å²) < 4.78 is 38.3. The summed E-state index contributed by atoms with van der Waals surface area (Å²) in [5.41, 5.74) is -0.0950. The maximum absolute atomic E-state index is 12.8. The maximum Gasteiger partial charge on any atom is 0.416 e. The molecule has 0 spiro atoms. The summed E-state index contributed by atoms with van der Waals surface area (Å²) in [6.45, 7) is 2.17. The minimum absolute atomic E-state index is 0.127. The number of halogens is 3. The lowest BCUT2D eigenvalue weighted by atomic mass is 9.96. The van der Waals surface area contributed by atoms with Gasteiger partial charge < -0.3 is 10.4 Å². The first-order chi connectivity index (χ1) is 11.7. The van der Waals surface area contributed by atoms with Gasteiger partial charge in [-0.05, 0) is 43.2 Å². The Bertz CT molecular complexity index is 630. The van der Waals surface area contributed by atoms with E-state index in [2.05, 4.69) is 5.32 Å². The molecule has 0 aromatic heterocycles. The van der Waals surface area contributed by atoms with E-state index >= 15 is 0 Å². The molecule has 1 fully saturated rings. The van der Waals surface area contributed by atoms with Gasteiger partial charge in [0.25, 0.3) is 0 Å². The summed E-state index contributed by atoms with van der Waals surface area (Å²) in [5, 5.41) is 11.7. The second-order valence-corrected chi connectivity index (χ2v) is 6.65. The Hall–Kier alpha value is -2.05. The van der Waals surface area contributed by atoms with Gasteiger partial charge >= 0.3 is 12.1 Å². The van der Waals surface area contributed by atoms with Crippen molar-refractivity contribution in [3.8, 4) is 0 Å². The lowest BCUT2D eigenvalue weighted by Crippen LogP contribution is -2.31. The van der Waals surface area contributed by atoms with Crippen LogP contribution in [0.15, 0.2) is 24.3 Å². The molecule has 1 aromatic rings. The number of rotatable bonds is 6. The van der Waals surface area contributed by atoms with Crippen molar-refractivity contribution in [3.05, 3.63) is 35.4 Å². The van der Waals surface area contributed by atoms with E-state index in [-0.39, 0.29) is 17.7 Å². The van der Waals surface area contributed by atoms with Crippen LogP contribution in [0.25, 0.3) is 0 Å². The second kappa shape index (κ2) is 7.89. The lowest BCUT2D eigenvalue weighted by molar-refractivity contribution is -0.141. The number of nitrogens with one attached hydrogen (secondary N) is 1. The Kier molecular flexibility index (Phi) is 6.08. The van der Waals surface area contributed by atoms with Gasteiger partial charge in [-0.25, -0.2) is 0 Å². The Balaban J connectivity index is 1.82. The number of carboxylic acid groups (broad SMARTS) is 1. The highest BCUT2D eigenvalue weighted by Crippen LogP contribution is 2.32. The van der Waals surface area contributed by atoms with Crippen molar-refractivity contribution in [3.63, 3.8) is 0 Å². The molecule has 7 heteroatoms. The van der Waals surface area contributed by atoms with Crippen molar-refractivity contribution in [1.82, 2.24) is 5.32 Å². The van der Waals surface area contributed by atoms with Crippen molar-refractivity contribution in [2.24, 2.45) is 11.8 Å². The quantitative estimate of drug-likeness (QED) is 0.813. The van der Waals surface area contributed by atoms with Crippen LogP contribution in [0, 0.1) is 11.8 Å². The van der Waals surface area contributed by atoms with Gasteiger partial charge in [0.1, 0.15) is 0 Å². The summed E-state index contributed by atoms with van der Waals surface area (Å²) in [6, 6.07) is 5.21. The van der Waals surface area contributed by atoms with Gasteiger partial charge in [-0.3, -0.25) is 9.59 Å². The van der Waals surface area contributed by atoms with E-state index in [1.165, 1.54) is 6.07 Å². The van der Waals surface area contributed by atoms with Gasteiger partial charge in [-0.2, -0.15) is 13.2 Å². The molecular formula is C18H22F3NO3. The SMILES string of the molecule is CC(CCNC(=O)[C@@H]1CC[C@H](C(=O)O)C1)c1cccc(C(F)(F)F)c1. The Labute approximate surface area is 144 Å². The molecule has 0 radical (unpaired) electrons. The number of hydrogen-bond donors (Lipinski definition) is 2. The normalized spacial score (nSPS) is 21.8. The summed E-state index contributed by atoms with van der Waals surface area (Å²) >= 11 is 0. The topological polar surface area (TPSA) is 66.4 Å². The number of carbonyl (C=O) groups excluding carboxylic acids is 1. The lowest BCUT2D eigenvalue weighted by Gasteiger charge is -2.16. The predicted octanol–water partition coefficient (Wildman–Crippen LogP) is 3.82. The zero-order valence-corrected chi connectivity index (χ0v) is 14.0. The van der Waals surface area contributed by atoms with Crippen molar-refractivity contribution >= 4 is 11.9 Å². The molecule has 0 heterocycles. The average molecular weight is 357 g/mol. The van der Waals surface area contributed by atoms with Gasteiger partial charge in [0.15, 0.2) is 0 Å². The molecular weight excluding hydrogens is 335 g/mol. The Morgan fingerprint density at radius 3 is 2.56 bits per heavy atom. The van der Waals surface area contributed by atoms with E-state index < -0.39 is 23.6 Å². The van der Waals surface area contributed by atoms with Gasteiger partial charge in [0, 0.05) is 12.5 Å². The van der Waals surface area contributed by atoms with Crippen LogP contribution >= 0.6 is 0 Å². The molecule has 2 N–H and O–H groups in total. The number of hydrogen-bond acceptors (Lipinski definition) is 2. The molecule has 1 saturated carbocycles. The molecule has 138 valence electrons. The molecule has 2 rings (SSSR count). The van der Waals surface area contributed by atoms with Crippen molar-refractivity contribution in [2.75, 3.05) is 6.54 Å². The third-order valence-corrected chi connectivity index (χ3v) is 4.81. The molecule has 25 heavy (non-hydrogen) atoms. The third-order valence-electron chi connectivity index (χ3n) is 4.81. The molecule has 1 aliphatic rings. The highest BCUT2D eigenvalue weighted by atomic mass is 19.4. The standard InChI is InChI=1S/C18H22F3NO3/c1-11(12-3-2-4-15(10-12)18(19,20)21)7-8-22-16(23)13-5-6-14(9-13)17(24)25/h2-4,10-11,13-14H,5-9H2,1H3,(H,22,23)(H,24,25)/t11?,13-,14+/m1/s1. The first kappa shape index (κ1) is 19.3. The molecule has 0 saturated heterocycles. The Morgan fingerprint density at radius 2 is 1.96 bits per heavy atom. The fourth-order valence-electron chi connectivity index (χ4n) is 3.19. The van der Waals surface area contributed by atoms with Crippen LogP contribution < -0.4 is 5.32 Å². The molecule has 0 aliphatic heterocycles. The van der Waals surface area contributed by atoms with Crippen molar-refractivity contribution in [1.29, 1.82) is 0 Å². The van der Waals surface area contributed by atoms with Crippen LogP contribution in [-0.2, 0) is 15.8 Å². The summed E-state index contributed by atoms with van der Waals surface area (Å²) in [5.74, 6) is -1.91. The van der Waals surface area contributed by atoms with E-state index in [4.69, 9.17) is 5.11 Å². The molecule has 1 aliphatic carbocycles. The maximum atomic E-state index is 12.8. The molecule has 3 atom stereocenters. The van der Waals surface area contributed by atoms with Gasteiger partial charge in [-0.1, -0.05) is 25.1 Å². The fraction of sp³-hybridized carbons (Fsp3) is 0.556. The zero-order chi connectivity index (χ0) is 18.6. The third kappa shape index (κ3) is 5.21. The largest absolute Gasteiger partial charge is 0.481 e. The van der Waals surface area contributed by atoms with Crippen molar-refractivity contribution < 1.29 is 27.9 Å². The molecule has 1 amide bonds. The average Bonchev–Trinajstić information content (AvgIpc) is 3.04. The zero-order valence-electron chi connectivity index (χ0n) is 14.0. The highest BCUT2D eigenvalue weighted by molar-refractivity contribution is 5.80. The van der Waals surface area contributed by atoms with E-state index in [1.54, 1.807) is 6.07 Å². The van der Waals surface area contributed by atoms with E-state index in [9.17, 15) is 22.8 Å². The number of alkyl halides is 3. The minimum Gasteiger partial charge on any atom is -0.481 e. The molecule has 0 bridgehead atoms. The van der Waals surface area contributed by atoms with E-state index in [0.29, 0.717) is 37.8 Å². The summed E-state index contributed by atoms with van der Waals surface area (Å²) in [4.78, 5) is 23.0. The molecule has 4 nitrogen and oxygen atoms in total. The number of carbonyl (C=O) groups is 2. The summed E-state index contributed by atoms with van der Waals surface area (Å²) in [6.07, 6.45) is -2.43. The number of benzene rings is 1. The Morgan fingerprint density at radius 1 is 1.28 bits per heavy atom. The first-order valence-corrected chi connectivity index (χ1v) is 8.36. The molecule has 1 aromatic carbocycles. The number of carboxylic acids is 1. The van der Waals surface area contributed by atoms with Crippen LogP contribution in [0.1, 0.15) is 49.7 Å². The van der Waals surface area contributed by atoms with E-state index in [1.807, 2.05) is 6.92 Å². The van der Waals surface area contributed by atoms with Crippen LogP contribution in [0.5, 0.6) is 0 Å². The predicted molar refractivity (Wildman–Crippen MR) is 86.0 cm³/mol. The van der Waals surface area contributed by atoms with Crippen LogP contribution in [0.3, 0.4) is 0 Å². The van der Waals surface area contributed by atoms with Crippen molar-refractivity contribution in [2.45, 2.75) is 44.7 Å². The van der Waals surface area contributed by atoms with Gasteiger partial charge in [0.2, 0.25) is 5.91 Å². The van der Waals surface area contributed by atoms with Gasteiger partial charge in [-0.15, -0.1) is 0 Å². The fourth-order valence-corrected chi connectivity index (χ4v) is 3.19. The molecule has 1 unspecified atom stereocenters. The second-order valence-electron chi connectivity index (χ2n) is 6.65. The smallest absolute Gasteiger partial charge is 0.416 e. The number of aliphatic carboxylic acids is 1. The monoisotopic (exact) mass is 357 g/mol. The van der Waals surface area contributed by atoms with Crippen LogP contribution in [0.4, 0.5) is 13.2 Å². The van der Waals surface area contributed by atoms with Crippen LogP contribution in [0.2, 0.25) is 0 Å². The highest BCUT2D eigenvalue weighted by Gasteiger charge is 2.33. The van der Waals surface area contributed by atoms with Crippen LogP contribution in [-0.4, -0.2) is 23.5 Å². The summed E-state index contributed by atoms with van der Waals surface area (Å²) in [7, 11) is 0. The number of amides is 1. The minimum atomic E-state index is -4.37. The first-order valence-electron chi connectivity index (χ1n) is 8.36. The van der Waals surface area contributed by atoms with E-state index in [0.717, 1.165) is 12.1 Å².